The predicted octanol–water partition coefficient (Wildman–Crippen LogP) is 2.67. The Balaban J connectivity index is 2.03. The minimum atomic E-state index is -5.78. The Morgan fingerprint density at radius 3 is 2.42 bits per heavy atom. The highest BCUT2D eigenvalue weighted by atomic mass is 32.2. The Kier molecular flexibility index (Phi) is 4.63. The number of carbonyl (C=O) groups excluding carboxylic acids is 1. The zero-order valence-corrected chi connectivity index (χ0v) is 14.6. The molecule has 142 valence electrons. The Morgan fingerprint density at radius 2 is 1.85 bits per heavy atom. The summed E-state index contributed by atoms with van der Waals surface area (Å²) in [5.41, 5.74) is -4.81. The summed E-state index contributed by atoms with van der Waals surface area (Å²) in [6.45, 7) is -0.00145. The van der Waals surface area contributed by atoms with E-state index in [4.69, 9.17) is 4.74 Å². The average Bonchev–Trinajstić information content (AvgIpc) is 2.93. The van der Waals surface area contributed by atoms with Crippen molar-refractivity contribution in [3.05, 3.63) is 35.6 Å². The van der Waals surface area contributed by atoms with Crippen molar-refractivity contribution in [3.8, 4) is 5.75 Å². The molecule has 1 aromatic carbocycles. The van der Waals surface area contributed by atoms with Gasteiger partial charge in [0.25, 0.3) is 0 Å². The van der Waals surface area contributed by atoms with Gasteiger partial charge in [-0.1, -0.05) is 12.1 Å². The van der Waals surface area contributed by atoms with E-state index in [-0.39, 0.29) is 42.7 Å². The number of amides is 1. The molecule has 2 aliphatic heterocycles. The van der Waals surface area contributed by atoms with Gasteiger partial charge >= 0.3 is 15.6 Å². The summed E-state index contributed by atoms with van der Waals surface area (Å²) in [5.74, 6) is 0.146. The molecule has 2 aliphatic rings. The summed E-state index contributed by atoms with van der Waals surface area (Å²) < 4.78 is 70.6. The Labute approximate surface area is 148 Å². The van der Waals surface area contributed by atoms with Gasteiger partial charge in [0.1, 0.15) is 11.5 Å². The van der Waals surface area contributed by atoms with E-state index in [1.165, 1.54) is 7.11 Å². The zero-order valence-electron chi connectivity index (χ0n) is 13.7. The van der Waals surface area contributed by atoms with Crippen LogP contribution in [-0.2, 0) is 19.1 Å². The summed E-state index contributed by atoms with van der Waals surface area (Å²) in [5, 5.41) is 0. The van der Waals surface area contributed by atoms with Crippen LogP contribution in [0.25, 0.3) is 5.57 Å². The second-order valence-corrected chi connectivity index (χ2v) is 7.57. The maximum Gasteiger partial charge on any atom is 0.534 e. The maximum absolute atomic E-state index is 12.7. The monoisotopic (exact) mass is 391 g/mol. The van der Waals surface area contributed by atoms with Crippen molar-refractivity contribution in [2.45, 2.75) is 30.8 Å². The van der Waals surface area contributed by atoms with E-state index in [0.29, 0.717) is 17.7 Å². The molecule has 1 atom stereocenters. The second-order valence-electron chi connectivity index (χ2n) is 6.03. The van der Waals surface area contributed by atoms with E-state index in [2.05, 4.69) is 4.18 Å². The van der Waals surface area contributed by atoms with Gasteiger partial charge in [-0.2, -0.15) is 21.6 Å². The lowest BCUT2D eigenvalue weighted by Gasteiger charge is -2.33. The van der Waals surface area contributed by atoms with Crippen LogP contribution < -0.4 is 4.74 Å². The van der Waals surface area contributed by atoms with E-state index in [1.807, 2.05) is 0 Å². The van der Waals surface area contributed by atoms with E-state index in [9.17, 15) is 26.4 Å². The molecule has 26 heavy (non-hydrogen) atoms. The molecule has 1 fully saturated rings. The van der Waals surface area contributed by atoms with Gasteiger partial charge in [0.05, 0.1) is 7.11 Å². The Morgan fingerprint density at radius 1 is 1.19 bits per heavy atom. The van der Waals surface area contributed by atoms with Crippen LogP contribution in [0.5, 0.6) is 5.75 Å². The first-order valence-corrected chi connectivity index (χ1v) is 9.20. The van der Waals surface area contributed by atoms with Crippen molar-refractivity contribution in [2.24, 2.45) is 0 Å². The van der Waals surface area contributed by atoms with Gasteiger partial charge in [0.2, 0.25) is 5.91 Å². The quantitative estimate of drug-likeness (QED) is 0.583. The first-order valence-electron chi connectivity index (χ1n) is 7.79. The molecule has 6 nitrogen and oxygen atoms in total. The largest absolute Gasteiger partial charge is 0.534 e. The number of nitrogens with zero attached hydrogens (tertiary/aromatic N) is 1. The third kappa shape index (κ3) is 3.37. The molecule has 0 aliphatic carbocycles. The van der Waals surface area contributed by atoms with E-state index < -0.39 is 15.6 Å². The van der Waals surface area contributed by atoms with Crippen molar-refractivity contribution in [3.63, 3.8) is 0 Å². The van der Waals surface area contributed by atoms with Crippen molar-refractivity contribution < 1.29 is 35.3 Å². The number of fused-ring (bicyclic) bond motifs is 1. The zero-order chi connectivity index (χ0) is 19.1. The fraction of sp³-hybridized carbons (Fsp3) is 0.438. The molecule has 0 aromatic heterocycles. The lowest BCUT2D eigenvalue weighted by molar-refractivity contribution is -0.128. The summed E-state index contributed by atoms with van der Waals surface area (Å²) in [6.07, 6.45) is 0.649. The maximum atomic E-state index is 12.7. The average molecular weight is 391 g/mol. The molecule has 10 heteroatoms. The summed E-state index contributed by atoms with van der Waals surface area (Å²) in [4.78, 5) is 13.5. The number of ether oxygens (including phenoxy) is 1. The molecule has 1 saturated heterocycles. The van der Waals surface area contributed by atoms with Crippen LogP contribution >= 0.6 is 0 Å². The Hall–Kier alpha value is -2.23. The number of alkyl halides is 3. The number of methoxy groups -OCH3 is 1. The number of benzene rings is 1. The van der Waals surface area contributed by atoms with Crippen LogP contribution in [0.2, 0.25) is 0 Å². The van der Waals surface area contributed by atoms with Gasteiger partial charge < -0.3 is 13.8 Å². The fourth-order valence-corrected chi connectivity index (χ4v) is 3.65. The number of hydrogen-bond donors (Lipinski definition) is 0. The molecule has 0 spiro atoms. The van der Waals surface area contributed by atoms with Gasteiger partial charge in [-0.15, -0.1) is 0 Å². The first kappa shape index (κ1) is 18.6. The van der Waals surface area contributed by atoms with Crippen molar-refractivity contribution in [1.29, 1.82) is 0 Å². The van der Waals surface area contributed by atoms with Gasteiger partial charge in [-0.05, 0) is 24.1 Å². The number of halogens is 3. The van der Waals surface area contributed by atoms with Crippen molar-refractivity contribution >= 4 is 21.6 Å². The summed E-state index contributed by atoms with van der Waals surface area (Å²) >= 11 is 0. The van der Waals surface area contributed by atoms with Gasteiger partial charge in [0, 0.05) is 31.0 Å². The van der Waals surface area contributed by atoms with Crippen LogP contribution in [0.4, 0.5) is 13.2 Å². The molecule has 1 aromatic rings. The number of carbonyl (C=O) groups is 1. The second kappa shape index (κ2) is 6.49. The van der Waals surface area contributed by atoms with Crippen molar-refractivity contribution in [1.82, 2.24) is 4.90 Å². The van der Waals surface area contributed by atoms with Crippen LogP contribution in [0.1, 0.15) is 24.8 Å². The molecule has 0 radical (unpaired) electrons. The van der Waals surface area contributed by atoms with Crippen LogP contribution in [0, 0.1) is 0 Å². The van der Waals surface area contributed by atoms with Crippen LogP contribution in [-0.4, -0.2) is 44.4 Å². The molecular formula is C16H16F3NO5S. The molecule has 0 bridgehead atoms. The molecule has 0 N–H and O–H groups in total. The Bertz CT molecular complexity index is 846. The van der Waals surface area contributed by atoms with Crippen LogP contribution in [0.3, 0.4) is 0 Å². The normalized spacial score (nSPS) is 21.0. The summed E-state index contributed by atoms with van der Waals surface area (Å²) in [7, 11) is -4.31. The molecule has 1 amide bonds. The van der Waals surface area contributed by atoms with E-state index >= 15 is 0 Å². The van der Waals surface area contributed by atoms with E-state index in [1.54, 1.807) is 29.2 Å². The van der Waals surface area contributed by atoms with Gasteiger partial charge in [-0.25, -0.2) is 0 Å². The SMILES string of the molecule is COc1ccc(C2=C(OS(=O)(=O)C(F)(F)F)C[C@@H]3CCC(=O)N3C2)cc1. The molecular weight excluding hydrogens is 375 g/mol. The minimum Gasteiger partial charge on any atom is -0.497 e. The molecule has 3 rings (SSSR count). The smallest absolute Gasteiger partial charge is 0.497 e. The first-order chi connectivity index (χ1) is 12.1. The summed E-state index contributed by atoms with van der Waals surface area (Å²) in [6, 6.07) is 5.99. The lowest BCUT2D eigenvalue weighted by Crippen LogP contribution is -2.39. The number of rotatable bonds is 4. The van der Waals surface area contributed by atoms with E-state index in [0.717, 1.165) is 0 Å². The highest BCUT2D eigenvalue weighted by Crippen LogP contribution is 2.39. The molecule has 0 unspecified atom stereocenters. The molecule has 0 saturated carbocycles. The standard InChI is InChI=1S/C16H16F3NO5S/c1-24-12-5-2-10(3-6-12)13-9-20-11(4-7-15(20)21)8-14(13)25-26(22,23)16(17,18)19/h2-3,5-6,11H,4,7-9H2,1H3/t11-/m0/s1. The topological polar surface area (TPSA) is 72.9 Å². The third-order valence-electron chi connectivity index (χ3n) is 4.47. The van der Waals surface area contributed by atoms with Gasteiger partial charge in [-0.3, -0.25) is 4.79 Å². The third-order valence-corrected chi connectivity index (χ3v) is 5.46. The van der Waals surface area contributed by atoms with Crippen LogP contribution in [0.15, 0.2) is 30.0 Å². The van der Waals surface area contributed by atoms with Crippen molar-refractivity contribution in [2.75, 3.05) is 13.7 Å². The van der Waals surface area contributed by atoms with Gasteiger partial charge in [0.15, 0.2) is 0 Å². The lowest BCUT2D eigenvalue weighted by atomic mass is 9.96. The minimum absolute atomic E-state index is 0.00145. The molecule has 2 heterocycles. The number of hydrogen-bond acceptors (Lipinski definition) is 5. The predicted molar refractivity (Wildman–Crippen MR) is 85.3 cm³/mol. The highest BCUT2D eigenvalue weighted by molar-refractivity contribution is 7.87. The fourth-order valence-electron chi connectivity index (χ4n) is 3.13. The highest BCUT2D eigenvalue weighted by Gasteiger charge is 2.50.